The third-order valence-electron chi connectivity index (χ3n) is 1.38. The minimum Gasteiger partial charge on any atom is -0.507 e. The highest BCUT2D eigenvalue weighted by Gasteiger charge is 2.10. The van der Waals surface area contributed by atoms with E-state index in [2.05, 4.69) is 5.16 Å². The number of amidine groups is 1. The Hall–Kier alpha value is -1.91. The van der Waals surface area contributed by atoms with Gasteiger partial charge in [-0.05, 0) is 12.1 Å². The first-order valence-electron chi connectivity index (χ1n) is 3.15. The number of phenolic OH excluding ortho intramolecular Hbond substituents is 2. The number of oxime groups is 1. The number of benzene rings is 1. The predicted molar refractivity (Wildman–Crippen MR) is 42.3 cm³/mol. The van der Waals surface area contributed by atoms with E-state index in [1.807, 2.05) is 0 Å². The van der Waals surface area contributed by atoms with Crippen molar-refractivity contribution in [3.63, 3.8) is 0 Å². The Morgan fingerprint density at radius 2 is 1.75 bits per heavy atom. The molecule has 0 aromatic heterocycles. The van der Waals surface area contributed by atoms with Crippen LogP contribution in [0, 0.1) is 0 Å². The lowest BCUT2D eigenvalue weighted by molar-refractivity contribution is 0.318. The molecule has 64 valence electrons. The van der Waals surface area contributed by atoms with Crippen LogP contribution in [0.5, 0.6) is 11.5 Å². The molecule has 0 fully saturated rings. The lowest BCUT2D eigenvalue weighted by Gasteiger charge is -2.03. The van der Waals surface area contributed by atoms with Crippen molar-refractivity contribution in [2.45, 2.75) is 0 Å². The summed E-state index contributed by atoms with van der Waals surface area (Å²) in [6, 6.07) is 4.10. The lowest BCUT2D eigenvalue weighted by atomic mass is 10.1. The Labute approximate surface area is 68.4 Å². The molecule has 0 radical (unpaired) electrons. The highest BCUT2D eigenvalue weighted by molar-refractivity contribution is 6.01. The second-order valence-electron chi connectivity index (χ2n) is 2.16. The molecule has 1 rings (SSSR count). The number of phenols is 2. The van der Waals surface area contributed by atoms with Crippen molar-refractivity contribution < 1.29 is 15.4 Å². The van der Waals surface area contributed by atoms with E-state index in [1.54, 1.807) is 0 Å². The Morgan fingerprint density at radius 1 is 1.25 bits per heavy atom. The van der Waals surface area contributed by atoms with Crippen LogP contribution in [0.2, 0.25) is 0 Å². The standard InChI is InChI=1S/C7H8N2O3/c8-7(9-12)6-4(10)2-1-3-5(6)11/h1-3,10-12H,(H2,8,9). The third kappa shape index (κ3) is 1.24. The number of nitrogens with two attached hydrogens (primary N) is 1. The fraction of sp³-hybridized carbons (Fsp3) is 0. The zero-order valence-corrected chi connectivity index (χ0v) is 6.10. The zero-order chi connectivity index (χ0) is 9.14. The van der Waals surface area contributed by atoms with Crippen molar-refractivity contribution >= 4 is 5.84 Å². The van der Waals surface area contributed by atoms with Gasteiger partial charge in [-0.3, -0.25) is 0 Å². The second kappa shape index (κ2) is 3.00. The maximum absolute atomic E-state index is 9.16. The highest BCUT2D eigenvalue weighted by atomic mass is 16.4. The second-order valence-corrected chi connectivity index (χ2v) is 2.16. The van der Waals surface area contributed by atoms with E-state index in [4.69, 9.17) is 21.2 Å². The highest BCUT2D eigenvalue weighted by Crippen LogP contribution is 2.25. The third-order valence-corrected chi connectivity index (χ3v) is 1.38. The molecule has 0 saturated carbocycles. The van der Waals surface area contributed by atoms with Crippen LogP contribution in [0.15, 0.2) is 23.4 Å². The summed E-state index contributed by atoms with van der Waals surface area (Å²) in [5, 5.41) is 29.3. The van der Waals surface area contributed by atoms with Gasteiger partial charge in [0.05, 0.1) is 0 Å². The Kier molecular flexibility index (Phi) is 2.05. The molecule has 5 nitrogen and oxygen atoms in total. The predicted octanol–water partition coefficient (Wildman–Crippen LogP) is 0.192. The lowest BCUT2D eigenvalue weighted by Crippen LogP contribution is -2.13. The number of aromatic hydroxyl groups is 2. The molecule has 0 saturated heterocycles. The smallest absolute Gasteiger partial charge is 0.177 e. The number of hydrogen-bond acceptors (Lipinski definition) is 4. The van der Waals surface area contributed by atoms with E-state index in [1.165, 1.54) is 18.2 Å². The summed E-state index contributed by atoms with van der Waals surface area (Å²) in [5.41, 5.74) is 5.11. The van der Waals surface area contributed by atoms with Crippen LogP contribution in [-0.4, -0.2) is 21.3 Å². The topological polar surface area (TPSA) is 99.1 Å². The minimum absolute atomic E-state index is 0.0694. The summed E-state index contributed by atoms with van der Waals surface area (Å²) >= 11 is 0. The van der Waals surface area contributed by atoms with Gasteiger partial charge in [-0.25, -0.2) is 0 Å². The summed E-state index contributed by atoms with van der Waals surface area (Å²) < 4.78 is 0. The van der Waals surface area contributed by atoms with Crippen molar-refractivity contribution in [1.82, 2.24) is 0 Å². The maximum atomic E-state index is 9.16. The summed E-state index contributed by atoms with van der Waals surface area (Å²) in [5.74, 6) is -0.791. The molecular formula is C7H8N2O3. The average molecular weight is 168 g/mol. The summed E-state index contributed by atoms with van der Waals surface area (Å²) in [6.45, 7) is 0. The molecule has 1 aromatic carbocycles. The Bertz CT molecular complexity index is 302. The first-order chi connectivity index (χ1) is 5.66. The summed E-state index contributed by atoms with van der Waals surface area (Å²) in [7, 11) is 0. The van der Waals surface area contributed by atoms with Crippen molar-refractivity contribution in [1.29, 1.82) is 0 Å². The fourth-order valence-corrected chi connectivity index (χ4v) is 0.841. The molecule has 0 amide bonds. The number of nitrogens with zero attached hydrogens (tertiary/aromatic N) is 1. The van der Waals surface area contributed by atoms with Crippen LogP contribution in [-0.2, 0) is 0 Å². The molecule has 0 aliphatic rings. The molecule has 5 heteroatoms. The van der Waals surface area contributed by atoms with Crippen molar-refractivity contribution in [2.24, 2.45) is 10.9 Å². The molecule has 0 bridgehead atoms. The van der Waals surface area contributed by atoms with Crippen LogP contribution < -0.4 is 5.73 Å². The molecule has 0 spiro atoms. The molecule has 0 unspecified atom stereocenters. The molecule has 0 heterocycles. The normalized spacial score (nSPS) is 11.5. The number of hydrogen-bond donors (Lipinski definition) is 4. The molecule has 0 atom stereocenters. The SMILES string of the molecule is N/C(=N/O)c1c(O)cccc1O. The van der Waals surface area contributed by atoms with Gasteiger partial charge < -0.3 is 21.2 Å². The average Bonchev–Trinajstić information content (AvgIpc) is 2.03. The zero-order valence-electron chi connectivity index (χ0n) is 6.10. The van der Waals surface area contributed by atoms with Gasteiger partial charge in [0.2, 0.25) is 0 Å². The van der Waals surface area contributed by atoms with Gasteiger partial charge in [0.25, 0.3) is 0 Å². The largest absolute Gasteiger partial charge is 0.507 e. The minimum atomic E-state index is -0.328. The van der Waals surface area contributed by atoms with Crippen molar-refractivity contribution in [3.05, 3.63) is 23.8 Å². The van der Waals surface area contributed by atoms with Crippen LogP contribution in [0.25, 0.3) is 0 Å². The summed E-state index contributed by atoms with van der Waals surface area (Å²) in [4.78, 5) is 0. The van der Waals surface area contributed by atoms with Crippen molar-refractivity contribution in [2.75, 3.05) is 0 Å². The first-order valence-corrected chi connectivity index (χ1v) is 3.15. The first kappa shape index (κ1) is 8.19. The van der Waals surface area contributed by atoms with Crippen LogP contribution >= 0.6 is 0 Å². The van der Waals surface area contributed by atoms with E-state index in [9.17, 15) is 0 Å². The monoisotopic (exact) mass is 168 g/mol. The van der Waals surface area contributed by atoms with Gasteiger partial charge in [0.1, 0.15) is 17.1 Å². The summed E-state index contributed by atoms with van der Waals surface area (Å²) in [6.07, 6.45) is 0. The van der Waals surface area contributed by atoms with Gasteiger partial charge in [-0.15, -0.1) is 0 Å². The van der Waals surface area contributed by atoms with Gasteiger partial charge in [-0.2, -0.15) is 0 Å². The van der Waals surface area contributed by atoms with Crippen LogP contribution in [0.3, 0.4) is 0 Å². The van der Waals surface area contributed by atoms with E-state index in [0.717, 1.165) is 0 Å². The van der Waals surface area contributed by atoms with Gasteiger partial charge in [-0.1, -0.05) is 11.2 Å². The van der Waals surface area contributed by atoms with Crippen LogP contribution in [0.4, 0.5) is 0 Å². The number of rotatable bonds is 1. The van der Waals surface area contributed by atoms with Crippen LogP contribution in [0.1, 0.15) is 5.56 Å². The Morgan fingerprint density at radius 3 is 2.17 bits per heavy atom. The maximum Gasteiger partial charge on any atom is 0.177 e. The molecule has 5 N–H and O–H groups in total. The van der Waals surface area contributed by atoms with Gasteiger partial charge in [0.15, 0.2) is 5.84 Å². The van der Waals surface area contributed by atoms with E-state index in [0.29, 0.717) is 0 Å². The molecule has 0 aliphatic heterocycles. The quantitative estimate of drug-likeness (QED) is 0.208. The van der Waals surface area contributed by atoms with E-state index in [-0.39, 0.29) is 22.9 Å². The molecular weight excluding hydrogens is 160 g/mol. The van der Waals surface area contributed by atoms with Gasteiger partial charge >= 0.3 is 0 Å². The molecule has 0 aliphatic carbocycles. The molecule has 12 heavy (non-hydrogen) atoms. The molecule has 1 aromatic rings. The van der Waals surface area contributed by atoms with Gasteiger partial charge in [0, 0.05) is 0 Å². The van der Waals surface area contributed by atoms with Crippen molar-refractivity contribution in [3.8, 4) is 11.5 Å². The van der Waals surface area contributed by atoms with E-state index < -0.39 is 0 Å². The Balaban J connectivity index is 3.31. The van der Waals surface area contributed by atoms with E-state index >= 15 is 0 Å². The fourth-order valence-electron chi connectivity index (χ4n) is 0.841.